The van der Waals surface area contributed by atoms with Crippen molar-refractivity contribution in [1.29, 1.82) is 0 Å². The monoisotopic (exact) mass is 310 g/mol. The summed E-state index contributed by atoms with van der Waals surface area (Å²) < 4.78 is 43.7. The van der Waals surface area contributed by atoms with Gasteiger partial charge in [-0.25, -0.2) is 4.79 Å². The molecule has 0 saturated heterocycles. The Morgan fingerprint density at radius 2 is 1.68 bits per heavy atom. The molecule has 0 amide bonds. The van der Waals surface area contributed by atoms with Crippen LogP contribution in [0.4, 0.5) is 13.2 Å². The molecule has 0 bridgehead atoms. The zero-order valence-corrected chi connectivity index (χ0v) is 11.4. The Bertz CT molecular complexity index is 639. The predicted molar refractivity (Wildman–Crippen MR) is 73.3 cm³/mol. The molecule has 0 saturated carbocycles. The molecular weight excluding hydrogens is 297 g/mol. The predicted octanol–water partition coefficient (Wildman–Crippen LogP) is 3.90. The van der Waals surface area contributed by atoms with Crippen LogP contribution < -0.4 is 0 Å². The molecule has 116 valence electrons. The molecule has 1 N–H and O–H groups in total. The molecule has 0 spiro atoms. The van der Waals surface area contributed by atoms with Gasteiger partial charge >= 0.3 is 12.1 Å². The average molecular weight is 310 g/mol. The van der Waals surface area contributed by atoms with Gasteiger partial charge in [0.05, 0.1) is 5.56 Å². The number of alkyl halides is 3. The number of carboxylic acid groups (broad SMARTS) is 1. The third-order valence-electron chi connectivity index (χ3n) is 2.99. The van der Waals surface area contributed by atoms with E-state index in [0.717, 1.165) is 12.1 Å². The van der Waals surface area contributed by atoms with E-state index in [9.17, 15) is 18.0 Å². The van der Waals surface area contributed by atoms with Crippen LogP contribution in [0.15, 0.2) is 54.6 Å². The first kappa shape index (κ1) is 16.0. The van der Waals surface area contributed by atoms with Gasteiger partial charge in [-0.05, 0) is 23.3 Å². The van der Waals surface area contributed by atoms with Crippen LogP contribution in [-0.2, 0) is 15.7 Å². The van der Waals surface area contributed by atoms with Gasteiger partial charge in [-0.3, -0.25) is 0 Å². The lowest BCUT2D eigenvalue weighted by Gasteiger charge is -2.19. The fourth-order valence-electron chi connectivity index (χ4n) is 2.05. The molecule has 3 nitrogen and oxygen atoms in total. The maximum atomic E-state index is 12.8. The van der Waals surface area contributed by atoms with Gasteiger partial charge in [-0.1, -0.05) is 42.5 Å². The first-order chi connectivity index (χ1) is 10.4. The minimum Gasteiger partial charge on any atom is -0.480 e. The number of hydrogen-bond acceptors (Lipinski definition) is 2. The fourth-order valence-corrected chi connectivity index (χ4v) is 2.05. The number of rotatable bonds is 5. The second-order valence-electron chi connectivity index (χ2n) is 4.62. The van der Waals surface area contributed by atoms with Crippen molar-refractivity contribution in [2.75, 3.05) is 6.61 Å². The van der Waals surface area contributed by atoms with Crippen molar-refractivity contribution in [3.05, 3.63) is 71.3 Å². The molecule has 22 heavy (non-hydrogen) atoms. The fraction of sp³-hybridized carbons (Fsp3) is 0.188. The summed E-state index contributed by atoms with van der Waals surface area (Å²) in [7, 11) is 0. The van der Waals surface area contributed by atoms with Crippen LogP contribution in [0.25, 0.3) is 0 Å². The van der Waals surface area contributed by atoms with E-state index in [1.807, 2.05) is 0 Å². The van der Waals surface area contributed by atoms with Crippen molar-refractivity contribution < 1.29 is 27.8 Å². The lowest BCUT2D eigenvalue weighted by atomic mass is 9.99. The summed E-state index contributed by atoms with van der Waals surface area (Å²) in [6.07, 6.45) is -5.34. The molecule has 0 heterocycles. The van der Waals surface area contributed by atoms with Crippen molar-refractivity contribution in [2.24, 2.45) is 0 Å². The second-order valence-corrected chi connectivity index (χ2v) is 4.62. The highest BCUT2D eigenvalue weighted by Gasteiger charge is 2.31. The molecule has 0 aliphatic carbocycles. The lowest BCUT2D eigenvalue weighted by Crippen LogP contribution is -2.14. The highest BCUT2D eigenvalue weighted by Crippen LogP contribution is 2.33. The number of carboxylic acids is 1. The number of aliphatic carboxylic acids is 1. The summed E-state index contributed by atoms with van der Waals surface area (Å²) in [5.74, 6) is -1.19. The van der Waals surface area contributed by atoms with Gasteiger partial charge in [-0.2, -0.15) is 13.2 Å². The van der Waals surface area contributed by atoms with Crippen molar-refractivity contribution in [3.63, 3.8) is 0 Å². The van der Waals surface area contributed by atoms with Crippen molar-refractivity contribution in [2.45, 2.75) is 12.3 Å². The van der Waals surface area contributed by atoms with Gasteiger partial charge < -0.3 is 9.84 Å². The Hall–Kier alpha value is -2.34. The highest BCUT2D eigenvalue weighted by molar-refractivity contribution is 5.68. The van der Waals surface area contributed by atoms with E-state index in [0.29, 0.717) is 5.56 Å². The smallest absolute Gasteiger partial charge is 0.416 e. The number of halogens is 3. The largest absolute Gasteiger partial charge is 0.480 e. The molecule has 2 aromatic carbocycles. The van der Waals surface area contributed by atoms with Crippen LogP contribution in [0.3, 0.4) is 0 Å². The van der Waals surface area contributed by atoms with Gasteiger partial charge in [0.25, 0.3) is 0 Å². The number of hydrogen-bond donors (Lipinski definition) is 1. The van der Waals surface area contributed by atoms with Gasteiger partial charge in [0.2, 0.25) is 0 Å². The molecule has 6 heteroatoms. The van der Waals surface area contributed by atoms with Crippen molar-refractivity contribution in [3.8, 4) is 0 Å². The molecule has 0 radical (unpaired) electrons. The molecule has 2 aromatic rings. The average Bonchev–Trinajstić information content (AvgIpc) is 2.48. The zero-order valence-electron chi connectivity index (χ0n) is 11.4. The van der Waals surface area contributed by atoms with Crippen LogP contribution >= 0.6 is 0 Å². The zero-order chi connectivity index (χ0) is 16.2. The van der Waals surface area contributed by atoms with E-state index in [-0.39, 0.29) is 5.56 Å². The Morgan fingerprint density at radius 3 is 2.27 bits per heavy atom. The van der Waals surface area contributed by atoms with E-state index in [2.05, 4.69) is 0 Å². The van der Waals surface area contributed by atoms with Crippen molar-refractivity contribution in [1.82, 2.24) is 0 Å². The third kappa shape index (κ3) is 4.08. The van der Waals surface area contributed by atoms with E-state index < -0.39 is 30.4 Å². The molecule has 0 aliphatic heterocycles. The van der Waals surface area contributed by atoms with E-state index in [1.54, 1.807) is 30.3 Å². The molecule has 1 unspecified atom stereocenters. The summed E-state index contributed by atoms with van der Waals surface area (Å²) in [6, 6.07) is 13.2. The first-order valence-electron chi connectivity index (χ1n) is 6.43. The molecule has 0 fully saturated rings. The van der Waals surface area contributed by atoms with Crippen LogP contribution in [0, 0.1) is 0 Å². The normalized spacial score (nSPS) is 12.9. The van der Waals surface area contributed by atoms with Crippen LogP contribution in [0.2, 0.25) is 0 Å². The first-order valence-corrected chi connectivity index (χ1v) is 6.43. The van der Waals surface area contributed by atoms with Gasteiger partial charge in [0.1, 0.15) is 12.7 Å². The van der Waals surface area contributed by atoms with Crippen LogP contribution in [0.5, 0.6) is 0 Å². The lowest BCUT2D eigenvalue weighted by molar-refractivity contribution is -0.144. The second kappa shape index (κ2) is 6.62. The van der Waals surface area contributed by atoms with Gasteiger partial charge in [0.15, 0.2) is 0 Å². The Labute approximate surface area is 125 Å². The summed E-state index contributed by atoms with van der Waals surface area (Å²) in [5.41, 5.74) is 0.0372. The SMILES string of the molecule is O=C(O)COC(c1ccccc1)c1cccc(C(F)(F)F)c1. The quantitative estimate of drug-likeness (QED) is 0.911. The maximum Gasteiger partial charge on any atom is 0.416 e. The summed E-state index contributed by atoms with van der Waals surface area (Å²) in [6.45, 7) is -0.601. The Balaban J connectivity index is 2.38. The number of carbonyl (C=O) groups is 1. The summed E-state index contributed by atoms with van der Waals surface area (Å²) in [4.78, 5) is 10.7. The number of benzene rings is 2. The molecular formula is C16H13F3O3. The minimum absolute atomic E-state index is 0.252. The highest BCUT2D eigenvalue weighted by atomic mass is 19.4. The Kier molecular flexibility index (Phi) is 4.82. The summed E-state index contributed by atoms with van der Waals surface area (Å²) >= 11 is 0. The maximum absolute atomic E-state index is 12.8. The van der Waals surface area contributed by atoms with E-state index >= 15 is 0 Å². The standard InChI is InChI=1S/C16H13F3O3/c17-16(18,19)13-8-4-7-12(9-13)15(22-10-14(20)21)11-5-2-1-3-6-11/h1-9,15H,10H2,(H,20,21). The molecule has 2 rings (SSSR count). The molecule has 0 aliphatic rings. The molecule has 0 aromatic heterocycles. The van der Waals surface area contributed by atoms with Gasteiger partial charge in [-0.15, -0.1) is 0 Å². The summed E-state index contributed by atoms with van der Waals surface area (Å²) in [5, 5.41) is 8.74. The minimum atomic E-state index is -4.47. The molecule has 1 atom stereocenters. The van der Waals surface area contributed by atoms with E-state index in [4.69, 9.17) is 9.84 Å². The van der Waals surface area contributed by atoms with Crippen molar-refractivity contribution >= 4 is 5.97 Å². The van der Waals surface area contributed by atoms with Crippen LogP contribution in [0.1, 0.15) is 22.8 Å². The van der Waals surface area contributed by atoms with Gasteiger partial charge in [0, 0.05) is 0 Å². The Morgan fingerprint density at radius 1 is 1.05 bits per heavy atom. The topological polar surface area (TPSA) is 46.5 Å². The third-order valence-corrected chi connectivity index (χ3v) is 2.99. The van der Waals surface area contributed by atoms with E-state index in [1.165, 1.54) is 12.1 Å². The number of ether oxygens (including phenoxy) is 1. The van der Waals surface area contributed by atoms with Crippen LogP contribution in [-0.4, -0.2) is 17.7 Å².